The number of hydrogen-bond donors (Lipinski definition) is 1. The van der Waals surface area contributed by atoms with Crippen LogP contribution in [0.3, 0.4) is 0 Å². The fourth-order valence-electron chi connectivity index (χ4n) is 1.77. The zero-order valence-electron chi connectivity index (χ0n) is 9.44. The molecule has 18 heavy (non-hydrogen) atoms. The minimum atomic E-state index is -1.20. The number of rotatable bonds is 3. The fourth-order valence-corrected chi connectivity index (χ4v) is 1.77. The number of hydrogen-bond acceptors (Lipinski definition) is 5. The predicted molar refractivity (Wildman–Crippen MR) is 63.8 cm³/mol. The van der Waals surface area contributed by atoms with E-state index >= 15 is 0 Å². The number of aromatic nitrogens is 1. The average molecular weight is 249 g/mol. The van der Waals surface area contributed by atoms with E-state index in [4.69, 9.17) is 5.11 Å². The zero-order valence-corrected chi connectivity index (χ0v) is 9.44. The van der Waals surface area contributed by atoms with Crippen molar-refractivity contribution >= 4 is 17.5 Å². The Hall–Kier alpha value is -2.44. The Labute approximate surface area is 103 Å². The number of nitrogens with zero attached hydrogens (tertiary/aromatic N) is 3. The number of carbonyl (C=O) groups is 1. The minimum absolute atomic E-state index is 0.115. The number of aromatic carboxylic acids is 1. The van der Waals surface area contributed by atoms with Gasteiger partial charge in [-0.3, -0.25) is 10.1 Å². The molecule has 1 aliphatic heterocycles. The first kappa shape index (κ1) is 12.0. The molecule has 1 aromatic rings. The van der Waals surface area contributed by atoms with Gasteiger partial charge in [-0.15, -0.1) is 0 Å². The molecular formula is C11H11N3O4. The second-order valence-corrected chi connectivity index (χ2v) is 3.81. The molecule has 0 unspecified atom stereocenters. The summed E-state index contributed by atoms with van der Waals surface area (Å²) < 4.78 is 0. The van der Waals surface area contributed by atoms with Crippen LogP contribution in [-0.2, 0) is 0 Å². The van der Waals surface area contributed by atoms with Crippen LogP contribution in [0.4, 0.5) is 11.5 Å². The van der Waals surface area contributed by atoms with Crippen LogP contribution in [0.2, 0.25) is 0 Å². The van der Waals surface area contributed by atoms with Crippen molar-refractivity contribution in [1.82, 2.24) is 4.98 Å². The summed E-state index contributed by atoms with van der Waals surface area (Å²) in [7, 11) is 0. The Bertz CT molecular complexity index is 527. The van der Waals surface area contributed by atoms with Gasteiger partial charge in [0, 0.05) is 19.2 Å². The minimum Gasteiger partial charge on any atom is -0.477 e. The summed E-state index contributed by atoms with van der Waals surface area (Å²) in [5.74, 6) is -1.08. The topological polar surface area (TPSA) is 96.6 Å². The van der Waals surface area contributed by atoms with E-state index < -0.39 is 10.9 Å². The van der Waals surface area contributed by atoms with Crippen molar-refractivity contribution in [2.45, 2.75) is 6.42 Å². The van der Waals surface area contributed by atoms with Crippen molar-refractivity contribution in [2.24, 2.45) is 0 Å². The average Bonchev–Trinajstić information content (AvgIpc) is 2.39. The number of carboxylic acids is 1. The van der Waals surface area contributed by atoms with Gasteiger partial charge in [-0.05, 0) is 12.5 Å². The molecule has 0 fully saturated rings. The molecule has 0 aliphatic carbocycles. The summed E-state index contributed by atoms with van der Waals surface area (Å²) in [6.07, 6.45) is 4.61. The maximum Gasteiger partial charge on any atom is 0.354 e. The van der Waals surface area contributed by atoms with E-state index in [1.54, 1.807) is 4.90 Å². The lowest BCUT2D eigenvalue weighted by molar-refractivity contribution is -0.384. The third-order valence-electron chi connectivity index (χ3n) is 2.63. The van der Waals surface area contributed by atoms with Gasteiger partial charge in [-0.25, -0.2) is 9.78 Å². The molecule has 0 saturated heterocycles. The Morgan fingerprint density at radius 2 is 2.22 bits per heavy atom. The molecule has 94 valence electrons. The van der Waals surface area contributed by atoms with Gasteiger partial charge in [-0.2, -0.15) is 0 Å². The smallest absolute Gasteiger partial charge is 0.354 e. The molecule has 0 saturated carbocycles. The largest absolute Gasteiger partial charge is 0.477 e. The highest BCUT2D eigenvalue weighted by molar-refractivity contribution is 5.86. The van der Waals surface area contributed by atoms with Crippen LogP contribution in [-0.4, -0.2) is 34.1 Å². The summed E-state index contributed by atoms with van der Waals surface area (Å²) in [6.45, 7) is 1.09. The predicted octanol–water partition coefficient (Wildman–Crippen LogP) is 1.45. The summed E-state index contributed by atoms with van der Waals surface area (Å²) >= 11 is 0. The van der Waals surface area contributed by atoms with Gasteiger partial charge in [0.15, 0.2) is 5.69 Å². The van der Waals surface area contributed by atoms with Gasteiger partial charge in [0.25, 0.3) is 0 Å². The second kappa shape index (κ2) is 4.82. The maximum atomic E-state index is 10.9. The quantitative estimate of drug-likeness (QED) is 0.494. The number of nitro groups is 1. The van der Waals surface area contributed by atoms with Gasteiger partial charge in [-0.1, -0.05) is 12.2 Å². The molecule has 0 spiro atoms. The van der Waals surface area contributed by atoms with Crippen LogP contribution in [0.5, 0.6) is 0 Å². The summed E-state index contributed by atoms with van der Waals surface area (Å²) in [5, 5.41) is 19.8. The van der Waals surface area contributed by atoms with Gasteiger partial charge in [0.1, 0.15) is 0 Å². The fraction of sp³-hybridized carbons (Fsp3) is 0.273. The number of pyridine rings is 1. The molecule has 7 nitrogen and oxygen atoms in total. The van der Waals surface area contributed by atoms with Crippen molar-refractivity contribution in [3.8, 4) is 0 Å². The highest BCUT2D eigenvalue weighted by atomic mass is 16.6. The van der Waals surface area contributed by atoms with Crippen LogP contribution >= 0.6 is 0 Å². The lowest BCUT2D eigenvalue weighted by Gasteiger charge is -2.24. The van der Waals surface area contributed by atoms with Crippen molar-refractivity contribution in [1.29, 1.82) is 0 Å². The van der Waals surface area contributed by atoms with E-state index in [0.717, 1.165) is 12.5 Å². The van der Waals surface area contributed by atoms with Gasteiger partial charge >= 0.3 is 11.7 Å². The molecule has 0 atom stereocenters. The van der Waals surface area contributed by atoms with Crippen molar-refractivity contribution in [3.63, 3.8) is 0 Å². The number of carboxylic acid groups (broad SMARTS) is 1. The third kappa shape index (κ3) is 2.29. The zero-order chi connectivity index (χ0) is 13.1. The summed E-state index contributed by atoms with van der Waals surface area (Å²) in [5.41, 5.74) is -0.361. The van der Waals surface area contributed by atoms with Gasteiger partial charge in [0.2, 0.25) is 5.82 Å². The molecule has 1 aromatic heterocycles. The Balaban J connectivity index is 2.46. The second-order valence-electron chi connectivity index (χ2n) is 3.81. The standard InChI is InChI=1S/C11H11N3O4/c15-11(16)8-4-5-9(14(17)18)10(12-8)13-6-2-1-3-7-13/h1-2,4-5H,3,6-7H2,(H,15,16). The van der Waals surface area contributed by atoms with E-state index in [-0.39, 0.29) is 17.2 Å². The molecular weight excluding hydrogens is 238 g/mol. The van der Waals surface area contributed by atoms with Gasteiger partial charge < -0.3 is 10.0 Å². The van der Waals surface area contributed by atoms with Crippen molar-refractivity contribution < 1.29 is 14.8 Å². The van der Waals surface area contributed by atoms with Gasteiger partial charge in [0.05, 0.1) is 4.92 Å². The first-order chi connectivity index (χ1) is 8.59. The Kier molecular flexibility index (Phi) is 3.22. The molecule has 1 N–H and O–H groups in total. The maximum absolute atomic E-state index is 10.9. The highest BCUT2D eigenvalue weighted by Gasteiger charge is 2.23. The molecule has 7 heteroatoms. The lowest BCUT2D eigenvalue weighted by atomic mass is 10.2. The summed E-state index contributed by atoms with van der Waals surface area (Å²) in [4.78, 5) is 26.8. The van der Waals surface area contributed by atoms with E-state index in [2.05, 4.69) is 4.98 Å². The van der Waals surface area contributed by atoms with Crippen LogP contribution in [0.25, 0.3) is 0 Å². The highest BCUT2D eigenvalue weighted by Crippen LogP contribution is 2.27. The molecule has 0 radical (unpaired) electrons. The first-order valence-electron chi connectivity index (χ1n) is 5.38. The van der Waals surface area contributed by atoms with E-state index in [1.165, 1.54) is 6.07 Å². The van der Waals surface area contributed by atoms with E-state index in [9.17, 15) is 14.9 Å². The molecule has 0 amide bonds. The Morgan fingerprint density at radius 1 is 1.44 bits per heavy atom. The van der Waals surface area contributed by atoms with Crippen LogP contribution in [0.15, 0.2) is 24.3 Å². The van der Waals surface area contributed by atoms with E-state index in [1.807, 2.05) is 12.2 Å². The monoisotopic (exact) mass is 249 g/mol. The van der Waals surface area contributed by atoms with Crippen LogP contribution in [0, 0.1) is 10.1 Å². The normalized spacial score (nSPS) is 14.6. The summed E-state index contributed by atoms with van der Waals surface area (Å²) in [6, 6.07) is 2.33. The lowest BCUT2D eigenvalue weighted by Crippen LogP contribution is -2.28. The first-order valence-corrected chi connectivity index (χ1v) is 5.38. The SMILES string of the molecule is O=C(O)c1ccc([N+](=O)[O-])c(N2CC=CCC2)n1. The van der Waals surface area contributed by atoms with Crippen LogP contribution in [0.1, 0.15) is 16.9 Å². The molecule has 0 aromatic carbocycles. The van der Waals surface area contributed by atoms with Crippen LogP contribution < -0.4 is 4.90 Å². The molecule has 0 bridgehead atoms. The van der Waals surface area contributed by atoms with Crippen molar-refractivity contribution in [3.05, 3.63) is 40.1 Å². The van der Waals surface area contributed by atoms with E-state index in [0.29, 0.717) is 13.1 Å². The molecule has 2 rings (SSSR count). The number of anilines is 1. The van der Waals surface area contributed by atoms with Crippen molar-refractivity contribution in [2.75, 3.05) is 18.0 Å². The third-order valence-corrected chi connectivity index (χ3v) is 2.63. The Morgan fingerprint density at radius 3 is 2.78 bits per heavy atom. The molecule has 2 heterocycles. The molecule has 1 aliphatic rings.